The van der Waals surface area contributed by atoms with Crippen molar-refractivity contribution in [3.63, 3.8) is 0 Å². The predicted octanol–water partition coefficient (Wildman–Crippen LogP) is 0.0400. The fourth-order valence-electron chi connectivity index (χ4n) is 2.41. The standard InChI is InChI=1S/C13H23N3O5/c1-3-16-6-4-9(5-7-16)15(2)13(21)14-10(12(19)20)8-11(17)18/h9-10H,3-8H2,1-2H3,(H,14,21)(H,17,18)(H,19,20). The summed E-state index contributed by atoms with van der Waals surface area (Å²) in [7, 11) is 1.61. The summed E-state index contributed by atoms with van der Waals surface area (Å²) in [6, 6.07) is -1.90. The van der Waals surface area contributed by atoms with Crippen LogP contribution in [0.3, 0.4) is 0 Å². The highest BCUT2D eigenvalue weighted by Gasteiger charge is 2.28. The van der Waals surface area contributed by atoms with Gasteiger partial charge in [0.05, 0.1) is 6.42 Å². The third-order valence-electron chi connectivity index (χ3n) is 3.85. The Morgan fingerprint density at radius 2 is 1.86 bits per heavy atom. The molecule has 1 atom stereocenters. The van der Waals surface area contributed by atoms with Crippen LogP contribution in [0.25, 0.3) is 0 Å². The molecule has 120 valence electrons. The molecule has 0 radical (unpaired) electrons. The number of carbonyl (C=O) groups excluding carboxylic acids is 1. The fourth-order valence-corrected chi connectivity index (χ4v) is 2.41. The molecule has 0 spiro atoms. The van der Waals surface area contributed by atoms with Gasteiger partial charge in [0.2, 0.25) is 0 Å². The second kappa shape index (κ2) is 7.82. The second-order valence-corrected chi connectivity index (χ2v) is 5.21. The van der Waals surface area contributed by atoms with Gasteiger partial charge in [-0.1, -0.05) is 6.92 Å². The minimum Gasteiger partial charge on any atom is -0.481 e. The van der Waals surface area contributed by atoms with Crippen molar-refractivity contribution in [3.05, 3.63) is 0 Å². The maximum absolute atomic E-state index is 12.0. The van der Waals surface area contributed by atoms with E-state index in [2.05, 4.69) is 17.1 Å². The van der Waals surface area contributed by atoms with E-state index in [1.54, 1.807) is 7.05 Å². The number of likely N-dealkylation sites (tertiary alicyclic amines) is 1. The first-order chi connectivity index (χ1) is 9.85. The number of carboxylic acid groups (broad SMARTS) is 2. The molecule has 1 saturated heterocycles. The van der Waals surface area contributed by atoms with Crippen molar-refractivity contribution in [3.8, 4) is 0 Å². The van der Waals surface area contributed by atoms with Crippen molar-refractivity contribution in [1.82, 2.24) is 15.1 Å². The molecule has 0 aromatic heterocycles. The summed E-state index contributed by atoms with van der Waals surface area (Å²) in [5.74, 6) is -2.61. The molecule has 0 bridgehead atoms. The number of rotatable bonds is 6. The van der Waals surface area contributed by atoms with Gasteiger partial charge in [-0.15, -0.1) is 0 Å². The molecule has 8 heteroatoms. The normalized spacial score (nSPS) is 18.0. The fraction of sp³-hybridized carbons (Fsp3) is 0.769. The number of hydrogen-bond donors (Lipinski definition) is 3. The Labute approximate surface area is 123 Å². The molecule has 2 amide bonds. The van der Waals surface area contributed by atoms with E-state index in [4.69, 9.17) is 10.2 Å². The van der Waals surface area contributed by atoms with E-state index < -0.39 is 30.4 Å². The first-order valence-corrected chi connectivity index (χ1v) is 7.05. The number of nitrogens with zero attached hydrogens (tertiary/aromatic N) is 2. The highest BCUT2D eigenvalue weighted by molar-refractivity contribution is 5.86. The van der Waals surface area contributed by atoms with Crippen LogP contribution in [0.2, 0.25) is 0 Å². The first kappa shape index (κ1) is 17.2. The smallest absolute Gasteiger partial charge is 0.326 e. The molecule has 0 aromatic carbocycles. The predicted molar refractivity (Wildman–Crippen MR) is 75.1 cm³/mol. The zero-order valence-corrected chi connectivity index (χ0v) is 12.4. The summed E-state index contributed by atoms with van der Waals surface area (Å²) in [4.78, 5) is 37.3. The van der Waals surface area contributed by atoms with Gasteiger partial charge < -0.3 is 25.3 Å². The van der Waals surface area contributed by atoms with Crippen LogP contribution in [0.1, 0.15) is 26.2 Å². The molecule has 1 fully saturated rings. The van der Waals surface area contributed by atoms with Gasteiger partial charge in [0.15, 0.2) is 0 Å². The molecule has 0 aromatic rings. The number of urea groups is 1. The average molecular weight is 301 g/mol. The molecule has 1 aliphatic heterocycles. The van der Waals surface area contributed by atoms with Crippen molar-refractivity contribution in [1.29, 1.82) is 0 Å². The topological polar surface area (TPSA) is 110 Å². The van der Waals surface area contributed by atoms with Crippen LogP contribution in [-0.2, 0) is 9.59 Å². The monoisotopic (exact) mass is 301 g/mol. The number of carboxylic acids is 2. The third kappa shape index (κ3) is 5.22. The lowest BCUT2D eigenvalue weighted by molar-refractivity contribution is -0.145. The number of carbonyl (C=O) groups is 3. The Bertz CT molecular complexity index is 393. The highest BCUT2D eigenvalue weighted by Crippen LogP contribution is 2.15. The van der Waals surface area contributed by atoms with Gasteiger partial charge in [0.1, 0.15) is 6.04 Å². The van der Waals surface area contributed by atoms with Crippen LogP contribution in [-0.4, -0.2) is 76.7 Å². The van der Waals surface area contributed by atoms with Crippen molar-refractivity contribution in [2.75, 3.05) is 26.7 Å². The number of aliphatic carboxylic acids is 2. The first-order valence-electron chi connectivity index (χ1n) is 7.05. The van der Waals surface area contributed by atoms with Gasteiger partial charge in [-0.3, -0.25) is 4.79 Å². The number of piperidine rings is 1. The van der Waals surface area contributed by atoms with Crippen molar-refractivity contribution in [2.24, 2.45) is 0 Å². The number of hydrogen-bond acceptors (Lipinski definition) is 4. The minimum absolute atomic E-state index is 0.0482. The molecular weight excluding hydrogens is 278 g/mol. The van der Waals surface area contributed by atoms with Crippen LogP contribution in [0.15, 0.2) is 0 Å². The van der Waals surface area contributed by atoms with E-state index in [-0.39, 0.29) is 6.04 Å². The van der Waals surface area contributed by atoms with Crippen LogP contribution in [0.5, 0.6) is 0 Å². The lowest BCUT2D eigenvalue weighted by Gasteiger charge is -2.36. The molecule has 1 unspecified atom stereocenters. The third-order valence-corrected chi connectivity index (χ3v) is 3.85. The summed E-state index contributed by atoms with van der Waals surface area (Å²) in [5.41, 5.74) is 0. The molecular formula is C13H23N3O5. The zero-order valence-electron chi connectivity index (χ0n) is 12.4. The summed E-state index contributed by atoms with van der Waals surface area (Å²) in [6.07, 6.45) is 1.02. The largest absolute Gasteiger partial charge is 0.481 e. The lowest BCUT2D eigenvalue weighted by Crippen LogP contribution is -2.52. The Morgan fingerprint density at radius 3 is 2.29 bits per heavy atom. The summed E-state index contributed by atoms with van der Waals surface area (Å²) in [6.45, 7) is 4.86. The van der Waals surface area contributed by atoms with E-state index in [1.165, 1.54) is 4.90 Å². The molecule has 21 heavy (non-hydrogen) atoms. The molecule has 1 heterocycles. The van der Waals surface area contributed by atoms with Crippen molar-refractivity contribution >= 4 is 18.0 Å². The highest BCUT2D eigenvalue weighted by atomic mass is 16.4. The van der Waals surface area contributed by atoms with E-state index in [0.29, 0.717) is 0 Å². The Balaban J connectivity index is 2.53. The van der Waals surface area contributed by atoms with E-state index in [0.717, 1.165) is 32.5 Å². The van der Waals surface area contributed by atoms with Gasteiger partial charge >= 0.3 is 18.0 Å². The minimum atomic E-state index is -1.41. The molecule has 0 aliphatic carbocycles. The SMILES string of the molecule is CCN1CCC(N(C)C(=O)NC(CC(=O)O)C(=O)O)CC1. The van der Waals surface area contributed by atoms with Crippen LogP contribution in [0, 0.1) is 0 Å². The van der Waals surface area contributed by atoms with Crippen LogP contribution < -0.4 is 5.32 Å². The maximum atomic E-state index is 12.0. The van der Waals surface area contributed by atoms with Gasteiger partial charge in [0, 0.05) is 26.2 Å². The molecule has 0 saturated carbocycles. The number of amides is 2. The summed E-state index contributed by atoms with van der Waals surface area (Å²) in [5, 5.41) is 19.8. The van der Waals surface area contributed by atoms with Crippen molar-refractivity contribution < 1.29 is 24.6 Å². The molecule has 1 rings (SSSR count). The lowest BCUT2D eigenvalue weighted by atomic mass is 10.0. The van der Waals surface area contributed by atoms with E-state index >= 15 is 0 Å². The van der Waals surface area contributed by atoms with E-state index in [9.17, 15) is 14.4 Å². The van der Waals surface area contributed by atoms with Gasteiger partial charge in [-0.2, -0.15) is 0 Å². The Kier molecular flexibility index (Phi) is 6.41. The second-order valence-electron chi connectivity index (χ2n) is 5.21. The van der Waals surface area contributed by atoms with Gasteiger partial charge in [0.25, 0.3) is 0 Å². The van der Waals surface area contributed by atoms with Crippen LogP contribution in [0.4, 0.5) is 4.79 Å². The Hall–Kier alpha value is -1.83. The van der Waals surface area contributed by atoms with E-state index in [1.807, 2.05) is 0 Å². The summed E-state index contributed by atoms with van der Waals surface area (Å²) < 4.78 is 0. The zero-order chi connectivity index (χ0) is 16.0. The van der Waals surface area contributed by atoms with Gasteiger partial charge in [-0.05, 0) is 19.4 Å². The average Bonchev–Trinajstić information content (AvgIpc) is 2.45. The van der Waals surface area contributed by atoms with Crippen molar-refractivity contribution in [2.45, 2.75) is 38.3 Å². The summed E-state index contributed by atoms with van der Waals surface area (Å²) >= 11 is 0. The van der Waals surface area contributed by atoms with Crippen LogP contribution >= 0.6 is 0 Å². The quantitative estimate of drug-likeness (QED) is 0.639. The molecule has 1 aliphatic rings. The molecule has 8 nitrogen and oxygen atoms in total. The molecule has 3 N–H and O–H groups in total. The maximum Gasteiger partial charge on any atom is 0.326 e. The Morgan fingerprint density at radius 1 is 1.29 bits per heavy atom. The number of nitrogens with one attached hydrogen (secondary N) is 1. The van der Waals surface area contributed by atoms with Gasteiger partial charge in [-0.25, -0.2) is 9.59 Å².